The minimum absolute atomic E-state index is 0.292. The number of rotatable bonds is 6. The SMILES string of the molecule is O=C(COC(=O)c1cccc(C(F)(F)F)c1)Nc1ccc(Oc2ccccc2)cc1. The van der Waals surface area contributed by atoms with E-state index in [9.17, 15) is 22.8 Å². The molecule has 1 amide bonds. The summed E-state index contributed by atoms with van der Waals surface area (Å²) >= 11 is 0. The van der Waals surface area contributed by atoms with Crippen molar-refractivity contribution in [3.8, 4) is 11.5 Å². The van der Waals surface area contributed by atoms with Crippen LogP contribution in [0.1, 0.15) is 15.9 Å². The van der Waals surface area contributed by atoms with Gasteiger partial charge in [-0.2, -0.15) is 13.2 Å². The molecule has 5 nitrogen and oxygen atoms in total. The second-order valence-corrected chi connectivity index (χ2v) is 6.14. The van der Waals surface area contributed by atoms with Crippen molar-refractivity contribution in [1.29, 1.82) is 0 Å². The third-order valence-corrected chi connectivity index (χ3v) is 3.88. The van der Waals surface area contributed by atoms with Crippen LogP contribution in [0.15, 0.2) is 78.9 Å². The molecule has 30 heavy (non-hydrogen) atoms. The molecule has 3 rings (SSSR count). The van der Waals surface area contributed by atoms with Crippen molar-refractivity contribution < 1.29 is 32.2 Å². The smallest absolute Gasteiger partial charge is 0.416 e. The number of halogens is 3. The molecule has 0 aliphatic heterocycles. The lowest BCUT2D eigenvalue weighted by molar-refractivity contribution is -0.137. The van der Waals surface area contributed by atoms with E-state index in [1.54, 1.807) is 36.4 Å². The number of para-hydroxylation sites is 1. The van der Waals surface area contributed by atoms with Gasteiger partial charge in [0.2, 0.25) is 0 Å². The molecule has 0 aliphatic carbocycles. The maximum Gasteiger partial charge on any atom is 0.416 e. The number of esters is 1. The van der Waals surface area contributed by atoms with E-state index in [1.807, 2.05) is 18.2 Å². The molecule has 3 aromatic carbocycles. The summed E-state index contributed by atoms with van der Waals surface area (Å²) in [4.78, 5) is 23.9. The molecule has 0 atom stereocenters. The maximum atomic E-state index is 12.7. The Kier molecular flexibility index (Phi) is 6.36. The Morgan fingerprint density at radius 3 is 2.17 bits per heavy atom. The van der Waals surface area contributed by atoms with E-state index in [0.717, 1.165) is 12.1 Å². The molecule has 0 bridgehead atoms. The predicted molar refractivity (Wildman–Crippen MR) is 103 cm³/mol. The van der Waals surface area contributed by atoms with E-state index in [4.69, 9.17) is 9.47 Å². The van der Waals surface area contributed by atoms with Crippen LogP contribution in [0.4, 0.5) is 18.9 Å². The average Bonchev–Trinajstić information content (AvgIpc) is 2.74. The summed E-state index contributed by atoms with van der Waals surface area (Å²) in [7, 11) is 0. The van der Waals surface area contributed by atoms with E-state index in [1.165, 1.54) is 6.07 Å². The number of hydrogen-bond acceptors (Lipinski definition) is 4. The standard InChI is InChI=1S/C22H16F3NO4/c23-22(24,25)16-6-4-5-15(13-16)21(28)29-14-20(27)26-17-9-11-19(12-10-17)30-18-7-2-1-3-8-18/h1-13H,14H2,(H,26,27). The van der Waals surface area contributed by atoms with Gasteiger partial charge in [-0.3, -0.25) is 4.79 Å². The summed E-state index contributed by atoms with van der Waals surface area (Å²) in [5, 5.41) is 2.52. The van der Waals surface area contributed by atoms with Crippen molar-refractivity contribution in [1.82, 2.24) is 0 Å². The Labute approximate surface area is 170 Å². The monoisotopic (exact) mass is 415 g/mol. The van der Waals surface area contributed by atoms with Crippen molar-refractivity contribution in [2.75, 3.05) is 11.9 Å². The molecule has 3 aromatic rings. The van der Waals surface area contributed by atoms with E-state index in [-0.39, 0.29) is 5.56 Å². The molecule has 0 fully saturated rings. The van der Waals surface area contributed by atoms with Gasteiger partial charge < -0.3 is 14.8 Å². The van der Waals surface area contributed by atoms with Crippen LogP contribution in [0.25, 0.3) is 0 Å². The molecule has 0 aliphatic rings. The van der Waals surface area contributed by atoms with Crippen LogP contribution in [-0.4, -0.2) is 18.5 Å². The summed E-state index contributed by atoms with van der Waals surface area (Å²) < 4.78 is 48.6. The van der Waals surface area contributed by atoms with Crippen LogP contribution < -0.4 is 10.1 Å². The van der Waals surface area contributed by atoms with Gasteiger partial charge in [-0.25, -0.2) is 4.79 Å². The molecule has 0 unspecified atom stereocenters. The van der Waals surface area contributed by atoms with Crippen molar-refractivity contribution in [2.45, 2.75) is 6.18 Å². The van der Waals surface area contributed by atoms with Crippen LogP contribution in [0.3, 0.4) is 0 Å². The van der Waals surface area contributed by atoms with Gasteiger partial charge in [0.1, 0.15) is 11.5 Å². The first-order valence-electron chi connectivity index (χ1n) is 8.78. The molecular weight excluding hydrogens is 399 g/mol. The number of hydrogen-bond donors (Lipinski definition) is 1. The van der Waals surface area contributed by atoms with Gasteiger partial charge in [0.15, 0.2) is 6.61 Å². The van der Waals surface area contributed by atoms with Crippen LogP contribution >= 0.6 is 0 Å². The number of ether oxygens (including phenoxy) is 2. The van der Waals surface area contributed by atoms with E-state index in [2.05, 4.69) is 5.32 Å². The Bertz CT molecular complexity index is 1020. The number of nitrogens with one attached hydrogen (secondary N) is 1. The fourth-order valence-electron chi connectivity index (χ4n) is 2.46. The van der Waals surface area contributed by atoms with Crippen LogP contribution in [0, 0.1) is 0 Å². The number of carbonyl (C=O) groups is 2. The molecule has 0 aromatic heterocycles. The van der Waals surface area contributed by atoms with Crippen LogP contribution in [0.2, 0.25) is 0 Å². The van der Waals surface area contributed by atoms with E-state index >= 15 is 0 Å². The fraction of sp³-hybridized carbons (Fsp3) is 0.0909. The summed E-state index contributed by atoms with van der Waals surface area (Å²) in [6.07, 6.45) is -4.58. The Morgan fingerprint density at radius 1 is 0.833 bits per heavy atom. The summed E-state index contributed by atoms with van der Waals surface area (Å²) in [5.74, 6) is -0.430. The second kappa shape index (κ2) is 9.13. The lowest BCUT2D eigenvalue weighted by Gasteiger charge is -2.10. The largest absolute Gasteiger partial charge is 0.457 e. The van der Waals surface area contributed by atoms with Gasteiger partial charge in [-0.1, -0.05) is 24.3 Å². The Morgan fingerprint density at radius 2 is 1.50 bits per heavy atom. The van der Waals surface area contributed by atoms with Gasteiger partial charge in [-0.05, 0) is 54.6 Å². The number of alkyl halides is 3. The van der Waals surface area contributed by atoms with E-state index < -0.39 is 30.2 Å². The quantitative estimate of drug-likeness (QED) is 0.556. The zero-order valence-corrected chi connectivity index (χ0v) is 15.5. The first-order valence-corrected chi connectivity index (χ1v) is 8.78. The topological polar surface area (TPSA) is 64.6 Å². The Hall–Kier alpha value is -3.81. The van der Waals surface area contributed by atoms with Crippen LogP contribution in [-0.2, 0) is 15.7 Å². The third kappa shape index (κ3) is 5.84. The number of benzene rings is 3. The first kappa shape index (κ1) is 20.9. The first-order chi connectivity index (χ1) is 14.3. The summed E-state index contributed by atoms with van der Waals surface area (Å²) in [5.41, 5.74) is -0.824. The predicted octanol–water partition coefficient (Wildman–Crippen LogP) is 5.29. The minimum atomic E-state index is -4.58. The lowest BCUT2D eigenvalue weighted by atomic mass is 10.1. The molecule has 0 saturated heterocycles. The third-order valence-electron chi connectivity index (χ3n) is 3.88. The normalized spacial score (nSPS) is 10.9. The van der Waals surface area contributed by atoms with Crippen molar-refractivity contribution in [3.63, 3.8) is 0 Å². The van der Waals surface area contributed by atoms with Crippen molar-refractivity contribution >= 4 is 17.6 Å². The number of anilines is 1. The zero-order valence-electron chi connectivity index (χ0n) is 15.5. The summed E-state index contributed by atoms with van der Waals surface area (Å²) in [6.45, 7) is -0.642. The fourth-order valence-corrected chi connectivity index (χ4v) is 2.46. The van der Waals surface area contributed by atoms with E-state index in [0.29, 0.717) is 23.3 Å². The molecular formula is C22H16F3NO4. The van der Waals surface area contributed by atoms with Crippen molar-refractivity contribution in [3.05, 3.63) is 90.0 Å². The van der Waals surface area contributed by atoms with Gasteiger partial charge >= 0.3 is 12.1 Å². The van der Waals surface area contributed by atoms with Crippen molar-refractivity contribution in [2.24, 2.45) is 0 Å². The van der Waals surface area contributed by atoms with Gasteiger partial charge in [0, 0.05) is 5.69 Å². The highest BCUT2D eigenvalue weighted by molar-refractivity contribution is 5.95. The second-order valence-electron chi connectivity index (χ2n) is 6.14. The molecule has 0 spiro atoms. The molecule has 8 heteroatoms. The molecule has 1 N–H and O–H groups in total. The minimum Gasteiger partial charge on any atom is -0.457 e. The number of carbonyl (C=O) groups excluding carboxylic acids is 2. The summed E-state index contributed by atoms with van der Waals surface area (Å²) in [6, 6.07) is 19.4. The zero-order chi connectivity index (χ0) is 21.6. The molecule has 0 heterocycles. The van der Waals surface area contributed by atoms with Gasteiger partial charge in [0.25, 0.3) is 5.91 Å². The Balaban J connectivity index is 1.51. The highest BCUT2D eigenvalue weighted by atomic mass is 19.4. The lowest BCUT2D eigenvalue weighted by Crippen LogP contribution is -2.21. The highest BCUT2D eigenvalue weighted by Gasteiger charge is 2.31. The molecule has 0 saturated carbocycles. The number of amides is 1. The van der Waals surface area contributed by atoms with Gasteiger partial charge in [-0.15, -0.1) is 0 Å². The van der Waals surface area contributed by atoms with Crippen LogP contribution in [0.5, 0.6) is 11.5 Å². The molecule has 0 radical (unpaired) electrons. The highest BCUT2D eigenvalue weighted by Crippen LogP contribution is 2.29. The van der Waals surface area contributed by atoms with Gasteiger partial charge in [0.05, 0.1) is 11.1 Å². The average molecular weight is 415 g/mol. The molecule has 154 valence electrons. The maximum absolute atomic E-state index is 12.7.